The van der Waals surface area contributed by atoms with E-state index in [9.17, 15) is 10.1 Å². The summed E-state index contributed by atoms with van der Waals surface area (Å²) in [5.41, 5.74) is 0.708. The number of benzene rings is 1. The van der Waals surface area contributed by atoms with Gasteiger partial charge in [0.1, 0.15) is 5.69 Å². The Morgan fingerprint density at radius 2 is 2.10 bits per heavy atom. The quantitative estimate of drug-likeness (QED) is 0.668. The number of rotatable bonds is 5. The zero-order chi connectivity index (χ0) is 15.5. The number of hydrogen-bond donors (Lipinski definition) is 1. The third-order valence-corrected chi connectivity index (χ3v) is 4.30. The maximum atomic E-state index is 11.3. The van der Waals surface area contributed by atoms with Gasteiger partial charge in [-0.05, 0) is 50.5 Å². The van der Waals surface area contributed by atoms with Crippen LogP contribution in [0, 0.1) is 15.5 Å². The van der Waals surface area contributed by atoms with Crippen LogP contribution in [0.5, 0.6) is 5.75 Å². The van der Waals surface area contributed by atoms with Crippen LogP contribution < -0.4 is 10.1 Å². The maximum absolute atomic E-state index is 11.3. The van der Waals surface area contributed by atoms with Crippen molar-refractivity contribution in [1.29, 1.82) is 0 Å². The first kappa shape index (κ1) is 15.6. The standard InChI is InChI=1S/C15H23N3O3/c1-15(7-9-17(2)10-8-15)11-16-12-5-4-6-13(21-3)14(12)18(19)20/h4-6,16H,7-11H2,1-3H3. The van der Waals surface area contributed by atoms with E-state index in [1.807, 2.05) is 0 Å². The molecule has 2 rings (SSSR count). The van der Waals surface area contributed by atoms with E-state index in [0.717, 1.165) is 32.5 Å². The minimum Gasteiger partial charge on any atom is -0.490 e. The van der Waals surface area contributed by atoms with Crippen molar-refractivity contribution in [1.82, 2.24) is 4.90 Å². The number of ether oxygens (including phenoxy) is 1. The van der Waals surface area contributed by atoms with Crippen LogP contribution in [-0.4, -0.2) is 43.6 Å². The molecule has 0 atom stereocenters. The first-order chi connectivity index (χ1) is 9.95. The number of piperidine rings is 1. The topological polar surface area (TPSA) is 67.6 Å². The minimum atomic E-state index is -0.391. The van der Waals surface area contributed by atoms with Gasteiger partial charge in [-0.15, -0.1) is 0 Å². The molecule has 21 heavy (non-hydrogen) atoms. The summed E-state index contributed by atoms with van der Waals surface area (Å²) < 4.78 is 5.09. The summed E-state index contributed by atoms with van der Waals surface area (Å²) in [5.74, 6) is 0.290. The van der Waals surface area contributed by atoms with Crippen LogP contribution in [0.15, 0.2) is 18.2 Å². The van der Waals surface area contributed by atoms with Crippen LogP contribution in [0.3, 0.4) is 0 Å². The van der Waals surface area contributed by atoms with Crippen LogP contribution in [-0.2, 0) is 0 Å². The molecule has 1 heterocycles. The second-order valence-corrected chi connectivity index (χ2v) is 6.08. The fraction of sp³-hybridized carbons (Fsp3) is 0.600. The van der Waals surface area contributed by atoms with Crippen molar-refractivity contribution in [2.45, 2.75) is 19.8 Å². The van der Waals surface area contributed by atoms with Crippen molar-refractivity contribution in [3.05, 3.63) is 28.3 Å². The molecule has 0 unspecified atom stereocenters. The molecule has 1 aliphatic heterocycles. The number of nitro groups is 1. The normalized spacial score (nSPS) is 18.2. The molecule has 116 valence electrons. The minimum absolute atomic E-state index is 0.0107. The molecule has 1 N–H and O–H groups in total. The van der Waals surface area contributed by atoms with E-state index in [1.54, 1.807) is 18.2 Å². The highest BCUT2D eigenvalue weighted by atomic mass is 16.6. The molecule has 0 spiro atoms. The smallest absolute Gasteiger partial charge is 0.333 e. The number of nitro benzene ring substituents is 1. The van der Waals surface area contributed by atoms with Gasteiger partial charge in [-0.2, -0.15) is 0 Å². The summed E-state index contributed by atoms with van der Waals surface area (Å²) in [6, 6.07) is 5.12. The predicted octanol–water partition coefficient (Wildman–Crippen LogP) is 2.75. The largest absolute Gasteiger partial charge is 0.490 e. The molecule has 0 bridgehead atoms. The van der Waals surface area contributed by atoms with Crippen LogP contribution in [0.4, 0.5) is 11.4 Å². The van der Waals surface area contributed by atoms with Gasteiger partial charge < -0.3 is 15.0 Å². The van der Waals surface area contributed by atoms with Crippen LogP contribution in [0.1, 0.15) is 19.8 Å². The number of likely N-dealkylation sites (tertiary alicyclic amines) is 1. The fourth-order valence-electron chi connectivity index (χ4n) is 2.66. The van der Waals surface area contributed by atoms with E-state index in [0.29, 0.717) is 11.4 Å². The van der Waals surface area contributed by atoms with E-state index in [4.69, 9.17) is 4.74 Å². The van der Waals surface area contributed by atoms with E-state index in [-0.39, 0.29) is 11.1 Å². The molecule has 1 saturated heterocycles. The first-order valence-corrected chi connectivity index (χ1v) is 7.19. The fourth-order valence-corrected chi connectivity index (χ4v) is 2.66. The van der Waals surface area contributed by atoms with E-state index >= 15 is 0 Å². The first-order valence-electron chi connectivity index (χ1n) is 7.19. The molecule has 6 nitrogen and oxygen atoms in total. The lowest BCUT2D eigenvalue weighted by Gasteiger charge is -2.38. The van der Waals surface area contributed by atoms with Crippen molar-refractivity contribution >= 4 is 11.4 Å². The van der Waals surface area contributed by atoms with Crippen molar-refractivity contribution in [2.24, 2.45) is 5.41 Å². The average Bonchev–Trinajstić information content (AvgIpc) is 2.48. The van der Waals surface area contributed by atoms with E-state index < -0.39 is 4.92 Å². The zero-order valence-electron chi connectivity index (χ0n) is 12.9. The Labute approximate surface area is 125 Å². The Kier molecular flexibility index (Phi) is 4.67. The van der Waals surface area contributed by atoms with Crippen molar-refractivity contribution in [2.75, 3.05) is 39.1 Å². The lowest BCUT2D eigenvalue weighted by molar-refractivity contribution is -0.384. The Bertz CT molecular complexity index is 511. The van der Waals surface area contributed by atoms with Crippen LogP contribution in [0.25, 0.3) is 0 Å². The number of anilines is 1. The predicted molar refractivity (Wildman–Crippen MR) is 83.0 cm³/mol. The third kappa shape index (κ3) is 3.64. The molecule has 1 aromatic rings. The Balaban J connectivity index is 2.11. The van der Waals surface area contributed by atoms with Crippen molar-refractivity contribution in [3.63, 3.8) is 0 Å². The van der Waals surface area contributed by atoms with Gasteiger partial charge in [0.25, 0.3) is 0 Å². The molecule has 6 heteroatoms. The Morgan fingerprint density at radius 1 is 1.43 bits per heavy atom. The highest BCUT2D eigenvalue weighted by Crippen LogP contribution is 2.36. The molecule has 0 saturated carbocycles. The summed E-state index contributed by atoms with van der Waals surface area (Å²) in [6.07, 6.45) is 2.18. The third-order valence-electron chi connectivity index (χ3n) is 4.30. The lowest BCUT2D eigenvalue weighted by atomic mass is 9.80. The molecule has 1 fully saturated rings. The molecule has 0 aliphatic carbocycles. The van der Waals surface area contributed by atoms with E-state index in [1.165, 1.54) is 7.11 Å². The molecule has 1 aromatic carbocycles. The number of para-hydroxylation sites is 1. The Hall–Kier alpha value is -1.82. The summed E-state index contributed by atoms with van der Waals surface area (Å²) in [5, 5.41) is 14.5. The van der Waals surface area contributed by atoms with Gasteiger partial charge in [-0.25, -0.2) is 0 Å². The second kappa shape index (κ2) is 6.30. The highest BCUT2D eigenvalue weighted by molar-refractivity contribution is 5.68. The average molecular weight is 293 g/mol. The summed E-state index contributed by atoms with van der Waals surface area (Å²) in [4.78, 5) is 13.2. The molecule has 0 amide bonds. The van der Waals surface area contributed by atoms with Crippen LogP contribution >= 0.6 is 0 Å². The van der Waals surface area contributed by atoms with Gasteiger partial charge in [-0.1, -0.05) is 13.0 Å². The summed E-state index contributed by atoms with van der Waals surface area (Å²) >= 11 is 0. The van der Waals surface area contributed by atoms with Crippen molar-refractivity contribution in [3.8, 4) is 5.75 Å². The molecular weight excluding hydrogens is 270 g/mol. The monoisotopic (exact) mass is 293 g/mol. The SMILES string of the molecule is COc1cccc(NCC2(C)CCN(C)CC2)c1[N+](=O)[O-]. The van der Waals surface area contributed by atoms with E-state index in [2.05, 4.69) is 24.2 Å². The van der Waals surface area contributed by atoms with Gasteiger partial charge >= 0.3 is 5.69 Å². The zero-order valence-corrected chi connectivity index (χ0v) is 12.9. The summed E-state index contributed by atoms with van der Waals surface area (Å²) in [7, 11) is 3.57. The molecule has 0 aromatic heterocycles. The Morgan fingerprint density at radius 3 is 2.67 bits per heavy atom. The molecular formula is C15H23N3O3. The molecule has 1 aliphatic rings. The number of nitrogens with one attached hydrogen (secondary N) is 1. The number of methoxy groups -OCH3 is 1. The maximum Gasteiger partial charge on any atom is 0.333 e. The van der Waals surface area contributed by atoms with Gasteiger partial charge in [-0.3, -0.25) is 10.1 Å². The second-order valence-electron chi connectivity index (χ2n) is 6.08. The summed E-state index contributed by atoms with van der Waals surface area (Å²) in [6.45, 7) is 5.10. The number of nitrogens with zero attached hydrogens (tertiary/aromatic N) is 2. The van der Waals surface area contributed by atoms with Gasteiger partial charge in [0, 0.05) is 6.54 Å². The number of hydrogen-bond acceptors (Lipinski definition) is 5. The molecule has 0 radical (unpaired) electrons. The van der Waals surface area contributed by atoms with Gasteiger partial charge in [0.15, 0.2) is 5.75 Å². The van der Waals surface area contributed by atoms with Crippen molar-refractivity contribution < 1.29 is 9.66 Å². The van der Waals surface area contributed by atoms with Gasteiger partial charge in [0.2, 0.25) is 0 Å². The highest BCUT2D eigenvalue weighted by Gasteiger charge is 2.30. The van der Waals surface area contributed by atoms with Gasteiger partial charge in [0.05, 0.1) is 12.0 Å². The lowest BCUT2D eigenvalue weighted by Crippen LogP contribution is -2.40. The van der Waals surface area contributed by atoms with Crippen LogP contribution in [0.2, 0.25) is 0 Å².